The molecule has 0 radical (unpaired) electrons. The van der Waals surface area contributed by atoms with E-state index in [9.17, 15) is 40.5 Å². The van der Waals surface area contributed by atoms with Gasteiger partial charge in [0.2, 0.25) is 5.91 Å². The summed E-state index contributed by atoms with van der Waals surface area (Å²) in [4.78, 5) is 13.2. The van der Waals surface area contributed by atoms with Gasteiger partial charge in [-0.1, -0.05) is 237 Å². The maximum atomic E-state index is 13.2. The molecule has 1 fully saturated rings. The first-order chi connectivity index (χ1) is 33.2. The van der Waals surface area contributed by atoms with Crippen molar-refractivity contribution in [2.45, 2.75) is 319 Å². The van der Waals surface area contributed by atoms with Crippen molar-refractivity contribution in [3.05, 3.63) is 24.3 Å². The monoisotopic (exact) mass is 968 g/mol. The Bertz CT molecular complexity index is 1160. The number of amides is 1. The minimum atomic E-state index is -1.67. The van der Waals surface area contributed by atoms with Crippen LogP contribution >= 0.6 is 0 Å². The van der Waals surface area contributed by atoms with Gasteiger partial charge in [0.25, 0.3) is 0 Å². The summed E-state index contributed by atoms with van der Waals surface area (Å²) in [5, 5.41) is 76.0. The molecule has 1 saturated heterocycles. The van der Waals surface area contributed by atoms with Crippen LogP contribution in [0.25, 0.3) is 0 Å². The van der Waals surface area contributed by atoms with Gasteiger partial charge in [0.15, 0.2) is 6.29 Å². The zero-order valence-corrected chi connectivity index (χ0v) is 43.9. The van der Waals surface area contributed by atoms with Crippen LogP contribution in [0.15, 0.2) is 24.3 Å². The van der Waals surface area contributed by atoms with Crippen LogP contribution in [0.3, 0.4) is 0 Å². The summed E-state index contributed by atoms with van der Waals surface area (Å²) in [6.45, 7) is 3.45. The lowest BCUT2D eigenvalue weighted by molar-refractivity contribution is -0.303. The molecule has 9 unspecified atom stereocenters. The first-order valence-corrected chi connectivity index (χ1v) is 28.7. The molecule has 1 rings (SSSR count). The van der Waals surface area contributed by atoms with Gasteiger partial charge in [0, 0.05) is 0 Å². The fourth-order valence-electron chi connectivity index (χ4n) is 9.28. The molecule has 1 aliphatic rings. The lowest BCUT2D eigenvalue weighted by Gasteiger charge is -2.40. The smallest absolute Gasteiger partial charge is 0.249 e. The summed E-state index contributed by atoms with van der Waals surface area (Å²) in [5.41, 5.74) is 0. The average Bonchev–Trinajstić information content (AvgIpc) is 3.34. The zero-order valence-electron chi connectivity index (χ0n) is 43.9. The molecule has 0 aromatic rings. The summed E-state index contributed by atoms with van der Waals surface area (Å²) in [6, 6.07) is -1.19. The summed E-state index contributed by atoms with van der Waals surface area (Å²) < 4.78 is 11.1. The number of aliphatic hydroxyl groups excluding tert-OH is 7. The minimum Gasteiger partial charge on any atom is -0.394 e. The second kappa shape index (κ2) is 46.6. The van der Waals surface area contributed by atoms with Crippen molar-refractivity contribution in [1.82, 2.24) is 5.32 Å². The molecule has 1 amide bonds. The number of ether oxygens (including phenoxy) is 2. The van der Waals surface area contributed by atoms with E-state index in [-0.39, 0.29) is 12.8 Å². The number of hydrogen-bond donors (Lipinski definition) is 8. The summed E-state index contributed by atoms with van der Waals surface area (Å²) >= 11 is 0. The quantitative estimate of drug-likeness (QED) is 0.0215. The van der Waals surface area contributed by atoms with Gasteiger partial charge in [-0.2, -0.15) is 0 Å². The average molecular weight is 968 g/mol. The van der Waals surface area contributed by atoms with Crippen LogP contribution in [-0.2, 0) is 14.3 Å². The van der Waals surface area contributed by atoms with Gasteiger partial charge >= 0.3 is 0 Å². The van der Waals surface area contributed by atoms with Gasteiger partial charge in [0.1, 0.15) is 36.6 Å². The maximum absolute atomic E-state index is 13.2. The predicted molar refractivity (Wildman–Crippen MR) is 279 cm³/mol. The predicted octanol–water partition coefficient (Wildman–Crippen LogP) is 11.7. The number of rotatable bonds is 49. The van der Waals surface area contributed by atoms with Crippen LogP contribution in [0.2, 0.25) is 0 Å². The Morgan fingerprint density at radius 3 is 1.31 bits per heavy atom. The number of allylic oxidation sites excluding steroid dienone is 4. The van der Waals surface area contributed by atoms with Gasteiger partial charge in [-0.25, -0.2) is 0 Å². The van der Waals surface area contributed by atoms with Crippen LogP contribution in [-0.4, -0.2) is 110 Å². The highest BCUT2D eigenvalue weighted by Crippen LogP contribution is 2.23. The number of carbonyl (C=O) groups is 1. The normalized spacial score (nSPS) is 20.6. The minimum absolute atomic E-state index is 0.248. The van der Waals surface area contributed by atoms with E-state index in [0.717, 1.165) is 38.5 Å². The Hall–Kier alpha value is -1.41. The molecule has 68 heavy (non-hydrogen) atoms. The van der Waals surface area contributed by atoms with Crippen molar-refractivity contribution in [2.75, 3.05) is 13.2 Å². The second-order valence-electron chi connectivity index (χ2n) is 20.4. The van der Waals surface area contributed by atoms with Gasteiger partial charge in [0.05, 0.1) is 25.4 Å². The summed E-state index contributed by atoms with van der Waals surface area (Å²) in [6.07, 6.45) is 43.8. The van der Waals surface area contributed by atoms with Crippen LogP contribution in [0.1, 0.15) is 264 Å². The lowest BCUT2D eigenvalue weighted by Crippen LogP contribution is -2.60. The van der Waals surface area contributed by atoms with Crippen LogP contribution < -0.4 is 5.32 Å². The molecule has 0 aliphatic carbocycles. The van der Waals surface area contributed by atoms with Crippen molar-refractivity contribution >= 4 is 5.91 Å². The van der Waals surface area contributed by atoms with Crippen LogP contribution in [0.5, 0.6) is 0 Å². The number of carbonyl (C=O) groups excluding carboxylic acids is 1. The van der Waals surface area contributed by atoms with Crippen molar-refractivity contribution in [1.29, 1.82) is 0 Å². The van der Waals surface area contributed by atoms with Crippen LogP contribution in [0, 0.1) is 0 Å². The Morgan fingerprint density at radius 2 is 0.882 bits per heavy atom. The first-order valence-electron chi connectivity index (χ1n) is 28.7. The van der Waals surface area contributed by atoms with E-state index >= 15 is 0 Å². The molecule has 11 nitrogen and oxygen atoms in total. The third-order valence-electron chi connectivity index (χ3n) is 14.0. The van der Waals surface area contributed by atoms with E-state index in [0.29, 0.717) is 19.3 Å². The zero-order chi connectivity index (χ0) is 49.7. The van der Waals surface area contributed by atoms with E-state index in [2.05, 4.69) is 43.5 Å². The van der Waals surface area contributed by atoms with Gasteiger partial charge in [-0.05, 0) is 51.4 Å². The summed E-state index contributed by atoms with van der Waals surface area (Å²) in [5.74, 6) is -0.706. The molecule has 0 bridgehead atoms. The highest BCUT2D eigenvalue weighted by Gasteiger charge is 2.44. The molecule has 1 heterocycles. The van der Waals surface area contributed by atoms with E-state index in [1.54, 1.807) is 0 Å². The highest BCUT2D eigenvalue weighted by molar-refractivity contribution is 5.80. The van der Waals surface area contributed by atoms with E-state index in [1.165, 1.54) is 180 Å². The van der Waals surface area contributed by atoms with Crippen LogP contribution in [0.4, 0.5) is 0 Å². The third kappa shape index (κ3) is 34.8. The largest absolute Gasteiger partial charge is 0.394 e. The highest BCUT2D eigenvalue weighted by atomic mass is 16.7. The van der Waals surface area contributed by atoms with Crippen molar-refractivity contribution in [2.24, 2.45) is 0 Å². The fourth-order valence-corrected chi connectivity index (χ4v) is 9.28. The third-order valence-corrected chi connectivity index (χ3v) is 14.0. The molecule has 1 aliphatic heterocycles. The molecule has 0 aromatic heterocycles. The van der Waals surface area contributed by atoms with Gasteiger partial charge < -0.3 is 50.5 Å². The van der Waals surface area contributed by atoms with E-state index < -0.39 is 74.2 Å². The number of nitrogens with one attached hydrogen (secondary N) is 1. The molecular formula is C57H109NO10. The molecule has 8 N–H and O–H groups in total. The Balaban J connectivity index is 2.30. The number of hydrogen-bond acceptors (Lipinski definition) is 10. The van der Waals surface area contributed by atoms with Gasteiger partial charge in [-0.3, -0.25) is 4.79 Å². The molecule has 0 aromatic carbocycles. The molecule has 9 atom stereocenters. The topological polar surface area (TPSA) is 189 Å². The maximum Gasteiger partial charge on any atom is 0.249 e. The Labute approximate surface area is 416 Å². The number of unbranched alkanes of at least 4 members (excludes halogenated alkanes) is 33. The summed E-state index contributed by atoms with van der Waals surface area (Å²) in [7, 11) is 0. The first kappa shape index (κ1) is 64.6. The van der Waals surface area contributed by atoms with Crippen molar-refractivity contribution in [3.63, 3.8) is 0 Å². The van der Waals surface area contributed by atoms with Crippen molar-refractivity contribution < 1.29 is 50.0 Å². The Kier molecular flexibility index (Phi) is 44.3. The van der Waals surface area contributed by atoms with Gasteiger partial charge in [-0.15, -0.1) is 0 Å². The Morgan fingerprint density at radius 1 is 0.500 bits per heavy atom. The molecule has 11 heteroatoms. The molecular weight excluding hydrogens is 859 g/mol. The van der Waals surface area contributed by atoms with E-state index in [4.69, 9.17) is 9.47 Å². The molecule has 402 valence electrons. The van der Waals surface area contributed by atoms with E-state index in [1.807, 2.05) is 0 Å². The molecule has 0 spiro atoms. The fraction of sp³-hybridized carbons (Fsp3) is 0.912. The SMILES string of the molecule is CCCCCCCCC/C=C/CC/C=C/CCCC(O)C(O)C(COC1OC(CO)C(O)C(O)C1O)NC(=O)C(O)CCCCCCCCCCCCCCCCCCCCCCCCCCC. The standard InChI is InChI=1S/C57H109NO10/c1-3-5-7-9-11-13-15-17-19-21-22-23-24-25-26-27-28-29-31-33-35-37-39-41-43-45-50(61)56(66)58-48(47-67-57-55(65)54(64)53(63)51(46-59)68-57)52(62)49(60)44-42-40-38-36-34-32-30-20-18-16-14-12-10-8-6-4-2/h20,30,36,38,48-55,57,59-65H,3-19,21-29,31-35,37,39-47H2,1-2H3,(H,58,66)/b30-20+,38-36+. The molecule has 0 saturated carbocycles. The number of aliphatic hydroxyl groups is 7. The second-order valence-corrected chi connectivity index (χ2v) is 20.4. The lowest BCUT2D eigenvalue weighted by atomic mass is 9.98. The van der Waals surface area contributed by atoms with Crippen molar-refractivity contribution in [3.8, 4) is 0 Å².